The fourth-order valence-corrected chi connectivity index (χ4v) is 3.34. The van der Waals surface area contributed by atoms with E-state index in [1.54, 1.807) is 12.1 Å². The van der Waals surface area contributed by atoms with Gasteiger partial charge in [0.2, 0.25) is 0 Å². The summed E-state index contributed by atoms with van der Waals surface area (Å²) in [6.45, 7) is 3.22. The van der Waals surface area contributed by atoms with Gasteiger partial charge in [-0.2, -0.15) is 5.26 Å². The molecule has 1 aliphatic heterocycles. The van der Waals surface area contributed by atoms with Gasteiger partial charge in [0.05, 0.1) is 29.6 Å². The Kier molecular flexibility index (Phi) is 4.52. The van der Waals surface area contributed by atoms with E-state index in [-0.39, 0.29) is 6.04 Å². The first-order chi connectivity index (χ1) is 11.6. The van der Waals surface area contributed by atoms with Crippen molar-refractivity contribution in [3.05, 3.63) is 53.1 Å². The van der Waals surface area contributed by atoms with E-state index in [9.17, 15) is 9.90 Å². The zero-order valence-corrected chi connectivity index (χ0v) is 13.6. The maximum atomic E-state index is 11.6. The highest BCUT2D eigenvalue weighted by Crippen LogP contribution is 2.31. The summed E-state index contributed by atoms with van der Waals surface area (Å²) < 4.78 is 2.16. The SMILES string of the molecule is CCc1ncc2n1CCN(C(=O)O)C2CCc1ccc(C#N)cc1. The minimum Gasteiger partial charge on any atom is -0.465 e. The van der Waals surface area contributed by atoms with Gasteiger partial charge in [0.25, 0.3) is 0 Å². The molecule has 6 heteroatoms. The van der Waals surface area contributed by atoms with Gasteiger partial charge in [0.15, 0.2) is 0 Å². The third-order valence-electron chi connectivity index (χ3n) is 4.60. The van der Waals surface area contributed by atoms with Crippen LogP contribution in [0.5, 0.6) is 0 Å². The van der Waals surface area contributed by atoms with E-state index in [0.29, 0.717) is 25.1 Å². The standard InChI is InChI=1S/C18H20N4O2/c1-2-17-20-12-16-15(22(18(23)24)10-9-21(16)17)8-7-13-3-5-14(11-19)6-4-13/h3-6,12,15H,2,7-10H2,1H3,(H,23,24). The lowest BCUT2D eigenvalue weighted by molar-refractivity contribution is 0.106. The van der Waals surface area contributed by atoms with Crippen LogP contribution in [0, 0.1) is 11.3 Å². The van der Waals surface area contributed by atoms with Crippen molar-refractivity contribution in [2.24, 2.45) is 0 Å². The van der Waals surface area contributed by atoms with Gasteiger partial charge >= 0.3 is 6.09 Å². The van der Waals surface area contributed by atoms with Crippen LogP contribution in [0.25, 0.3) is 0 Å². The van der Waals surface area contributed by atoms with Crippen LogP contribution in [0.15, 0.2) is 30.5 Å². The van der Waals surface area contributed by atoms with Gasteiger partial charge in [-0.05, 0) is 30.5 Å². The fraction of sp³-hybridized carbons (Fsp3) is 0.389. The summed E-state index contributed by atoms with van der Waals surface area (Å²) >= 11 is 0. The number of nitrogens with zero attached hydrogens (tertiary/aromatic N) is 4. The number of aromatic nitrogens is 2. The predicted molar refractivity (Wildman–Crippen MR) is 88.6 cm³/mol. The van der Waals surface area contributed by atoms with Gasteiger partial charge in [-0.15, -0.1) is 0 Å². The lowest BCUT2D eigenvalue weighted by Gasteiger charge is -2.35. The Morgan fingerprint density at radius 3 is 2.75 bits per heavy atom. The first kappa shape index (κ1) is 16.1. The van der Waals surface area contributed by atoms with Gasteiger partial charge < -0.3 is 9.67 Å². The Balaban J connectivity index is 1.81. The average molecular weight is 324 g/mol. The molecule has 0 radical (unpaired) electrons. The van der Waals surface area contributed by atoms with E-state index in [4.69, 9.17) is 5.26 Å². The zero-order valence-electron chi connectivity index (χ0n) is 13.6. The number of hydrogen-bond donors (Lipinski definition) is 1. The molecule has 0 bridgehead atoms. The fourth-order valence-electron chi connectivity index (χ4n) is 3.34. The topological polar surface area (TPSA) is 82.2 Å². The summed E-state index contributed by atoms with van der Waals surface area (Å²) in [5, 5.41) is 18.4. The molecule has 0 aliphatic carbocycles. The maximum Gasteiger partial charge on any atom is 0.407 e. The number of fused-ring (bicyclic) bond motifs is 1. The Hall–Kier alpha value is -2.81. The average Bonchev–Trinajstić information content (AvgIpc) is 3.03. The van der Waals surface area contributed by atoms with Crippen LogP contribution in [-0.4, -0.2) is 32.2 Å². The highest BCUT2D eigenvalue weighted by Gasteiger charge is 2.32. The van der Waals surface area contributed by atoms with E-state index in [1.165, 1.54) is 4.90 Å². The quantitative estimate of drug-likeness (QED) is 0.937. The molecule has 0 spiro atoms. The molecule has 3 rings (SSSR count). The van der Waals surface area contributed by atoms with Crippen molar-refractivity contribution in [3.8, 4) is 6.07 Å². The van der Waals surface area contributed by atoms with Crippen LogP contribution >= 0.6 is 0 Å². The molecule has 6 nitrogen and oxygen atoms in total. The summed E-state index contributed by atoms with van der Waals surface area (Å²) in [5.74, 6) is 1.01. The summed E-state index contributed by atoms with van der Waals surface area (Å²) in [6, 6.07) is 9.38. The number of benzene rings is 1. The highest BCUT2D eigenvalue weighted by atomic mass is 16.4. The number of hydrogen-bond acceptors (Lipinski definition) is 3. The van der Waals surface area contributed by atoms with Crippen LogP contribution < -0.4 is 0 Å². The number of imidazole rings is 1. The molecule has 1 unspecified atom stereocenters. The van der Waals surface area contributed by atoms with Crippen LogP contribution in [-0.2, 0) is 19.4 Å². The minimum absolute atomic E-state index is 0.181. The zero-order chi connectivity index (χ0) is 17.1. The van der Waals surface area contributed by atoms with E-state index < -0.39 is 6.09 Å². The molecule has 0 saturated heterocycles. The maximum absolute atomic E-state index is 11.6. The van der Waals surface area contributed by atoms with Gasteiger partial charge in [-0.1, -0.05) is 19.1 Å². The molecule has 0 saturated carbocycles. The lowest BCUT2D eigenvalue weighted by atomic mass is 10.00. The minimum atomic E-state index is -0.884. The summed E-state index contributed by atoms with van der Waals surface area (Å²) in [7, 11) is 0. The van der Waals surface area contributed by atoms with Crippen LogP contribution in [0.2, 0.25) is 0 Å². The molecule has 1 aromatic carbocycles. The van der Waals surface area contributed by atoms with Crippen molar-refractivity contribution in [3.63, 3.8) is 0 Å². The first-order valence-electron chi connectivity index (χ1n) is 8.17. The molecule has 1 atom stereocenters. The van der Waals surface area contributed by atoms with Crippen molar-refractivity contribution in [2.75, 3.05) is 6.54 Å². The third-order valence-corrected chi connectivity index (χ3v) is 4.60. The van der Waals surface area contributed by atoms with Crippen molar-refractivity contribution < 1.29 is 9.90 Å². The van der Waals surface area contributed by atoms with E-state index in [0.717, 1.165) is 29.9 Å². The second kappa shape index (κ2) is 6.75. The summed E-state index contributed by atoms with van der Waals surface area (Å²) in [4.78, 5) is 17.6. The van der Waals surface area contributed by atoms with Gasteiger partial charge in [-0.3, -0.25) is 4.90 Å². The number of carboxylic acid groups (broad SMARTS) is 1. The molecular weight excluding hydrogens is 304 g/mol. The van der Waals surface area contributed by atoms with Crippen molar-refractivity contribution in [1.82, 2.24) is 14.5 Å². The molecule has 24 heavy (non-hydrogen) atoms. The van der Waals surface area contributed by atoms with Gasteiger partial charge in [0.1, 0.15) is 5.82 Å². The molecular formula is C18H20N4O2. The van der Waals surface area contributed by atoms with E-state index >= 15 is 0 Å². The monoisotopic (exact) mass is 324 g/mol. The molecule has 1 N–H and O–H groups in total. The third kappa shape index (κ3) is 2.98. The first-order valence-corrected chi connectivity index (χ1v) is 8.17. The van der Waals surface area contributed by atoms with E-state index in [2.05, 4.69) is 22.5 Å². The molecule has 2 heterocycles. The smallest absolute Gasteiger partial charge is 0.407 e. The van der Waals surface area contributed by atoms with E-state index in [1.807, 2.05) is 18.3 Å². The summed E-state index contributed by atoms with van der Waals surface area (Å²) in [6.07, 6.45) is 3.23. The highest BCUT2D eigenvalue weighted by molar-refractivity contribution is 5.66. The van der Waals surface area contributed by atoms with Crippen molar-refractivity contribution in [1.29, 1.82) is 5.26 Å². The van der Waals surface area contributed by atoms with Crippen molar-refractivity contribution in [2.45, 2.75) is 38.8 Å². The van der Waals surface area contributed by atoms with Crippen LogP contribution in [0.4, 0.5) is 4.79 Å². The lowest BCUT2D eigenvalue weighted by Crippen LogP contribution is -2.41. The molecule has 0 fully saturated rings. The summed E-state index contributed by atoms with van der Waals surface area (Å²) in [5.41, 5.74) is 2.72. The number of nitriles is 1. The predicted octanol–water partition coefficient (Wildman–Crippen LogP) is 2.98. The molecule has 1 aliphatic rings. The van der Waals surface area contributed by atoms with Crippen LogP contribution in [0.1, 0.15) is 42.0 Å². The Bertz CT molecular complexity index is 773. The number of amides is 1. The Morgan fingerprint density at radius 1 is 1.38 bits per heavy atom. The normalized spacial score (nSPS) is 16.5. The van der Waals surface area contributed by atoms with Crippen LogP contribution in [0.3, 0.4) is 0 Å². The van der Waals surface area contributed by atoms with Crippen molar-refractivity contribution >= 4 is 6.09 Å². The number of aryl methyl sites for hydroxylation is 2. The Labute approximate surface area is 141 Å². The molecule has 1 aromatic heterocycles. The van der Waals surface area contributed by atoms with Gasteiger partial charge in [0, 0.05) is 19.5 Å². The molecule has 2 aromatic rings. The molecule has 1 amide bonds. The largest absolute Gasteiger partial charge is 0.465 e. The number of rotatable bonds is 4. The second-order valence-electron chi connectivity index (χ2n) is 5.94. The Morgan fingerprint density at radius 2 is 2.12 bits per heavy atom. The number of carbonyl (C=O) groups is 1. The van der Waals surface area contributed by atoms with Gasteiger partial charge in [-0.25, -0.2) is 9.78 Å². The second-order valence-corrected chi connectivity index (χ2v) is 5.94. The molecule has 124 valence electrons.